The van der Waals surface area contributed by atoms with Crippen LogP contribution in [-0.4, -0.2) is 4.98 Å². The van der Waals surface area contributed by atoms with Gasteiger partial charge in [0.05, 0.1) is 9.26 Å². The summed E-state index contributed by atoms with van der Waals surface area (Å²) in [6.07, 6.45) is -2.77. The summed E-state index contributed by atoms with van der Waals surface area (Å²) in [5, 5.41) is 0. The van der Waals surface area contributed by atoms with Crippen LogP contribution in [0.1, 0.15) is 17.8 Å². The molecule has 0 aromatic carbocycles. The molecule has 0 bridgehead atoms. The number of nitrogens with zero attached hydrogens (tertiary/aromatic N) is 1. The molecule has 1 rings (SSSR count). The van der Waals surface area contributed by atoms with Gasteiger partial charge in [-0.3, -0.25) is 0 Å². The molecule has 0 fully saturated rings. The summed E-state index contributed by atoms with van der Waals surface area (Å²) < 4.78 is 37.4. The Morgan fingerprint density at radius 3 is 2.62 bits per heavy atom. The van der Waals surface area contributed by atoms with E-state index < -0.39 is 17.9 Å². The first kappa shape index (κ1) is 10.7. The molecule has 0 aliphatic rings. The van der Waals surface area contributed by atoms with E-state index in [2.05, 4.69) is 4.98 Å². The second-order valence-corrected chi connectivity index (χ2v) is 3.37. The molecule has 0 saturated heterocycles. The van der Waals surface area contributed by atoms with Crippen molar-refractivity contribution in [3.05, 3.63) is 26.8 Å². The van der Waals surface area contributed by atoms with Crippen LogP contribution in [0.3, 0.4) is 0 Å². The quantitative estimate of drug-likeness (QED) is 0.851. The number of pyridine rings is 1. The molecule has 1 aromatic heterocycles. The van der Waals surface area contributed by atoms with E-state index in [0.29, 0.717) is 0 Å². The minimum absolute atomic E-state index is 0.0459. The monoisotopic (exact) mass is 302 g/mol. The molecule has 0 aliphatic carbocycles. The Morgan fingerprint density at radius 1 is 1.54 bits per heavy atom. The van der Waals surface area contributed by atoms with Gasteiger partial charge in [-0.25, -0.2) is 18.2 Å². The maximum absolute atomic E-state index is 13.0. The van der Waals surface area contributed by atoms with Gasteiger partial charge in [0.2, 0.25) is 0 Å². The molecule has 0 radical (unpaired) electrons. The summed E-state index contributed by atoms with van der Waals surface area (Å²) in [6.45, 7) is -0.0459. The minimum Gasteiger partial charge on any atom is -0.325 e. The Labute approximate surface area is 86.5 Å². The van der Waals surface area contributed by atoms with Crippen molar-refractivity contribution >= 4 is 22.6 Å². The van der Waals surface area contributed by atoms with Crippen LogP contribution in [0.4, 0.5) is 13.2 Å². The Hall–Kier alpha value is -0.370. The molecule has 0 aliphatic heterocycles. The van der Waals surface area contributed by atoms with Crippen LogP contribution in [0, 0.1) is 9.39 Å². The van der Waals surface area contributed by atoms with Gasteiger partial charge < -0.3 is 5.73 Å². The largest absolute Gasteiger partial charge is 0.325 e. The first-order chi connectivity index (χ1) is 6.06. The van der Waals surface area contributed by atoms with Crippen LogP contribution in [0.2, 0.25) is 0 Å². The van der Waals surface area contributed by atoms with E-state index in [4.69, 9.17) is 5.73 Å². The third-order valence-corrected chi connectivity index (χ3v) is 2.56. The van der Waals surface area contributed by atoms with E-state index in [0.717, 1.165) is 6.07 Å². The second-order valence-electron chi connectivity index (χ2n) is 2.29. The first-order valence-corrected chi connectivity index (χ1v) is 4.47. The average molecular weight is 302 g/mol. The van der Waals surface area contributed by atoms with E-state index in [1.54, 1.807) is 22.6 Å². The van der Waals surface area contributed by atoms with Crippen LogP contribution in [0.5, 0.6) is 0 Å². The summed E-state index contributed by atoms with van der Waals surface area (Å²) in [5.41, 5.74) is 4.80. The highest BCUT2D eigenvalue weighted by atomic mass is 127. The molecule has 0 amide bonds. The van der Waals surface area contributed by atoms with Crippen molar-refractivity contribution in [2.75, 3.05) is 0 Å². The summed E-state index contributed by atoms with van der Waals surface area (Å²) in [6, 6.07) is 0.728. The van der Waals surface area contributed by atoms with Gasteiger partial charge in [0, 0.05) is 12.6 Å². The van der Waals surface area contributed by atoms with Crippen LogP contribution < -0.4 is 5.73 Å². The molecule has 0 spiro atoms. The highest BCUT2D eigenvalue weighted by Gasteiger charge is 2.15. The van der Waals surface area contributed by atoms with Gasteiger partial charge in [0.15, 0.2) is 0 Å². The summed E-state index contributed by atoms with van der Waals surface area (Å²) in [7, 11) is 0. The summed E-state index contributed by atoms with van der Waals surface area (Å²) >= 11 is 1.68. The zero-order valence-electron chi connectivity index (χ0n) is 6.40. The number of hydrogen-bond donors (Lipinski definition) is 1. The minimum atomic E-state index is -2.77. The molecular weight excluding hydrogens is 296 g/mol. The van der Waals surface area contributed by atoms with Crippen molar-refractivity contribution in [3.8, 4) is 0 Å². The molecule has 0 unspecified atom stereocenters. The van der Waals surface area contributed by atoms with E-state index in [-0.39, 0.29) is 15.8 Å². The molecular formula is C7H6F3IN2. The van der Waals surface area contributed by atoms with E-state index in [9.17, 15) is 13.2 Å². The Balaban J connectivity index is 3.22. The summed E-state index contributed by atoms with van der Waals surface area (Å²) in [4.78, 5) is 3.53. The van der Waals surface area contributed by atoms with Gasteiger partial charge >= 0.3 is 0 Å². The van der Waals surface area contributed by atoms with Gasteiger partial charge in [0.25, 0.3) is 6.43 Å². The predicted molar refractivity (Wildman–Crippen MR) is 49.8 cm³/mol. The van der Waals surface area contributed by atoms with Crippen LogP contribution in [-0.2, 0) is 6.54 Å². The fraction of sp³-hybridized carbons (Fsp3) is 0.286. The third-order valence-electron chi connectivity index (χ3n) is 1.42. The van der Waals surface area contributed by atoms with Crippen molar-refractivity contribution in [2.45, 2.75) is 13.0 Å². The number of hydrogen-bond acceptors (Lipinski definition) is 2. The number of halogens is 4. The second kappa shape index (κ2) is 4.23. The fourth-order valence-electron chi connectivity index (χ4n) is 0.815. The molecule has 6 heteroatoms. The Morgan fingerprint density at radius 2 is 2.15 bits per heavy atom. The molecule has 0 atom stereocenters. The number of aromatic nitrogens is 1. The molecule has 1 heterocycles. The number of nitrogens with two attached hydrogens (primary N) is 1. The average Bonchev–Trinajstić information content (AvgIpc) is 2.09. The number of rotatable bonds is 2. The van der Waals surface area contributed by atoms with Gasteiger partial charge in [-0.1, -0.05) is 0 Å². The molecule has 1 aromatic rings. The van der Waals surface area contributed by atoms with Gasteiger partial charge in [-0.05, 0) is 22.6 Å². The van der Waals surface area contributed by atoms with Crippen molar-refractivity contribution in [3.63, 3.8) is 0 Å². The molecule has 2 nitrogen and oxygen atoms in total. The molecule has 13 heavy (non-hydrogen) atoms. The van der Waals surface area contributed by atoms with Crippen LogP contribution >= 0.6 is 22.6 Å². The van der Waals surface area contributed by atoms with E-state index >= 15 is 0 Å². The lowest BCUT2D eigenvalue weighted by Crippen LogP contribution is -2.07. The Bertz CT molecular complexity index is 317. The fourth-order valence-corrected chi connectivity index (χ4v) is 1.31. The standard InChI is InChI=1S/C7H6F3IN2/c8-3-1-4(7(9)10)13-5(2-12)6(3)11/h1,7H,2,12H2. The zero-order valence-corrected chi connectivity index (χ0v) is 8.56. The molecule has 2 N–H and O–H groups in total. The van der Waals surface area contributed by atoms with Crippen molar-refractivity contribution < 1.29 is 13.2 Å². The van der Waals surface area contributed by atoms with Crippen LogP contribution in [0.25, 0.3) is 0 Å². The normalized spacial score (nSPS) is 10.9. The van der Waals surface area contributed by atoms with Crippen molar-refractivity contribution in [2.24, 2.45) is 5.73 Å². The van der Waals surface area contributed by atoms with Gasteiger partial charge in [0.1, 0.15) is 11.5 Å². The first-order valence-electron chi connectivity index (χ1n) is 3.39. The SMILES string of the molecule is NCc1nc(C(F)F)cc(F)c1I. The maximum Gasteiger partial charge on any atom is 0.280 e. The maximum atomic E-state index is 13.0. The zero-order chi connectivity index (χ0) is 10.0. The number of alkyl halides is 2. The van der Waals surface area contributed by atoms with Crippen molar-refractivity contribution in [1.29, 1.82) is 0 Å². The molecule has 72 valence electrons. The Kier molecular flexibility index (Phi) is 3.48. The lowest BCUT2D eigenvalue weighted by Gasteiger charge is -2.05. The van der Waals surface area contributed by atoms with Crippen molar-refractivity contribution in [1.82, 2.24) is 4.98 Å². The lowest BCUT2D eigenvalue weighted by atomic mass is 10.3. The van der Waals surface area contributed by atoms with Gasteiger partial charge in [-0.2, -0.15) is 0 Å². The topological polar surface area (TPSA) is 38.9 Å². The predicted octanol–water partition coefficient (Wildman–Crippen LogP) is 2.22. The van der Waals surface area contributed by atoms with E-state index in [1.165, 1.54) is 0 Å². The smallest absolute Gasteiger partial charge is 0.280 e. The highest BCUT2D eigenvalue weighted by Crippen LogP contribution is 2.21. The van der Waals surface area contributed by atoms with Crippen LogP contribution in [0.15, 0.2) is 6.07 Å². The summed E-state index contributed by atoms with van der Waals surface area (Å²) in [5.74, 6) is -0.702. The lowest BCUT2D eigenvalue weighted by molar-refractivity contribution is 0.145. The highest BCUT2D eigenvalue weighted by molar-refractivity contribution is 14.1. The third kappa shape index (κ3) is 2.31. The molecule has 0 saturated carbocycles. The van der Waals surface area contributed by atoms with E-state index in [1.807, 2.05) is 0 Å². The van der Waals surface area contributed by atoms with Gasteiger partial charge in [-0.15, -0.1) is 0 Å².